The summed E-state index contributed by atoms with van der Waals surface area (Å²) < 4.78 is 11.8. The van der Waals surface area contributed by atoms with Crippen molar-refractivity contribution in [3.05, 3.63) is 28.3 Å². The minimum Gasteiger partial charge on any atom is -0.507 e. The molecule has 29 heavy (non-hydrogen) atoms. The molecule has 2 N–H and O–H groups in total. The van der Waals surface area contributed by atoms with Gasteiger partial charge in [-0.05, 0) is 33.6 Å². The van der Waals surface area contributed by atoms with Crippen LogP contribution in [0.1, 0.15) is 81.3 Å². The molecule has 1 aromatic carbocycles. The maximum absolute atomic E-state index is 13.1. The van der Waals surface area contributed by atoms with E-state index in [4.69, 9.17) is 9.47 Å². The number of carbonyl (C=O) groups is 2. The minimum absolute atomic E-state index is 0.148. The summed E-state index contributed by atoms with van der Waals surface area (Å²) in [6.07, 6.45) is 3.26. The van der Waals surface area contributed by atoms with Gasteiger partial charge in [0, 0.05) is 17.0 Å². The Bertz CT molecular complexity index is 819. The van der Waals surface area contributed by atoms with E-state index in [2.05, 4.69) is 0 Å². The normalized spacial score (nSPS) is 19.2. The van der Waals surface area contributed by atoms with Crippen LogP contribution < -0.4 is 9.47 Å². The molecule has 2 rings (SSSR count). The second-order valence-corrected chi connectivity index (χ2v) is 8.02. The maximum atomic E-state index is 13.1. The van der Waals surface area contributed by atoms with Crippen LogP contribution in [-0.4, -0.2) is 35.2 Å². The molecule has 0 saturated heterocycles. The van der Waals surface area contributed by atoms with E-state index in [1.807, 2.05) is 33.8 Å². The fourth-order valence-electron chi connectivity index (χ4n) is 3.86. The van der Waals surface area contributed by atoms with Gasteiger partial charge >= 0.3 is 5.97 Å². The Morgan fingerprint density at radius 1 is 1.31 bits per heavy atom. The van der Waals surface area contributed by atoms with E-state index in [0.29, 0.717) is 35.5 Å². The number of methoxy groups -OCH3 is 1. The van der Waals surface area contributed by atoms with E-state index in [1.165, 1.54) is 7.11 Å². The Morgan fingerprint density at radius 2 is 1.97 bits per heavy atom. The number of aromatic hydroxyl groups is 1. The van der Waals surface area contributed by atoms with Crippen molar-refractivity contribution in [2.75, 3.05) is 7.11 Å². The van der Waals surface area contributed by atoms with Crippen LogP contribution in [0.2, 0.25) is 0 Å². The van der Waals surface area contributed by atoms with Crippen LogP contribution >= 0.6 is 0 Å². The lowest BCUT2D eigenvalue weighted by Gasteiger charge is -2.33. The summed E-state index contributed by atoms with van der Waals surface area (Å²) in [4.78, 5) is 24.6. The number of hydrogen-bond acceptors (Lipinski definition) is 5. The largest absolute Gasteiger partial charge is 0.507 e. The van der Waals surface area contributed by atoms with Crippen molar-refractivity contribution in [3.63, 3.8) is 0 Å². The number of carboxylic acids is 1. The molecule has 0 bridgehead atoms. The molecule has 1 aromatic rings. The Kier molecular flexibility index (Phi) is 7.33. The standard InChI is InChI=1S/C23H32O6/c1-7-8-15(11-17(24)25)18-21(27)19-20(26)13(4)14(5)29-23(19)16(22(18)28-6)10-9-12(2)3/h9,13-15,27H,7-8,10-11H2,1-6H3,(H,24,25)/t13-,14-,15+/m0/s1. The van der Waals surface area contributed by atoms with Gasteiger partial charge in [0.25, 0.3) is 0 Å². The molecule has 0 unspecified atom stereocenters. The van der Waals surface area contributed by atoms with Gasteiger partial charge in [-0.25, -0.2) is 0 Å². The van der Waals surface area contributed by atoms with Crippen molar-refractivity contribution >= 4 is 11.8 Å². The number of phenolic OH excluding ortho intramolecular Hbond substituents is 1. The summed E-state index contributed by atoms with van der Waals surface area (Å²) in [6.45, 7) is 9.51. The number of allylic oxidation sites excluding steroid dienone is 2. The number of ether oxygens (including phenoxy) is 2. The number of carbonyl (C=O) groups excluding carboxylic acids is 1. The number of Topliss-reactive ketones (excluding diaryl/α,β-unsaturated/α-hetero) is 1. The molecule has 1 heterocycles. The minimum atomic E-state index is -0.960. The van der Waals surface area contributed by atoms with Crippen molar-refractivity contribution < 1.29 is 29.3 Å². The van der Waals surface area contributed by atoms with Gasteiger partial charge in [0.1, 0.15) is 28.9 Å². The highest BCUT2D eigenvalue weighted by molar-refractivity contribution is 6.05. The van der Waals surface area contributed by atoms with E-state index in [1.54, 1.807) is 6.92 Å². The zero-order chi connectivity index (χ0) is 21.9. The summed E-state index contributed by atoms with van der Waals surface area (Å²) in [5, 5.41) is 20.6. The molecule has 0 fully saturated rings. The van der Waals surface area contributed by atoms with E-state index in [-0.39, 0.29) is 29.6 Å². The first kappa shape index (κ1) is 22.8. The molecule has 0 saturated carbocycles. The average molecular weight is 405 g/mol. The highest BCUT2D eigenvalue weighted by atomic mass is 16.5. The SMILES string of the molecule is CCC[C@H](CC(=O)O)c1c(O)c2c(c(CC=C(C)C)c1OC)O[C@@H](C)[C@H](C)C2=O. The molecule has 6 nitrogen and oxygen atoms in total. The van der Waals surface area contributed by atoms with E-state index in [9.17, 15) is 19.8 Å². The monoisotopic (exact) mass is 404 g/mol. The molecule has 1 aliphatic heterocycles. The van der Waals surface area contributed by atoms with Gasteiger partial charge in [-0.15, -0.1) is 0 Å². The van der Waals surface area contributed by atoms with Crippen LogP contribution in [0.15, 0.2) is 11.6 Å². The summed E-state index contributed by atoms with van der Waals surface area (Å²) in [5.74, 6) is -1.47. The number of phenols is 1. The quantitative estimate of drug-likeness (QED) is 0.601. The lowest BCUT2D eigenvalue weighted by atomic mass is 9.81. The number of fused-ring (bicyclic) bond motifs is 1. The third kappa shape index (κ3) is 4.57. The van der Waals surface area contributed by atoms with Crippen molar-refractivity contribution in [1.82, 2.24) is 0 Å². The molecule has 0 aromatic heterocycles. The third-order valence-corrected chi connectivity index (χ3v) is 5.56. The van der Waals surface area contributed by atoms with Crippen LogP contribution in [0.5, 0.6) is 17.2 Å². The second-order valence-electron chi connectivity index (χ2n) is 8.02. The number of ketones is 1. The van der Waals surface area contributed by atoms with Crippen molar-refractivity contribution in [2.45, 2.75) is 72.3 Å². The first-order valence-corrected chi connectivity index (χ1v) is 10.2. The summed E-state index contributed by atoms with van der Waals surface area (Å²) in [5.41, 5.74) is 2.31. The van der Waals surface area contributed by atoms with Crippen molar-refractivity contribution in [2.24, 2.45) is 5.92 Å². The lowest BCUT2D eigenvalue weighted by Crippen LogP contribution is -2.34. The van der Waals surface area contributed by atoms with Crippen LogP contribution in [0.3, 0.4) is 0 Å². The molecule has 3 atom stereocenters. The highest BCUT2D eigenvalue weighted by Crippen LogP contribution is 2.51. The van der Waals surface area contributed by atoms with Crippen LogP contribution in [-0.2, 0) is 11.2 Å². The van der Waals surface area contributed by atoms with Gasteiger partial charge in [0.05, 0.1) is 19.4 Å². The first-order chi connectivity index (χ1) is 13.6. The van der Waals surface area contributed by atoms with Gasteiger partial charge in [-0.1, -0.05) is 31.9 Å². The van der Waals surface area contributed by atoms with Crippen molar-refractivity contribution in [3.8, 4) is 17.2 Å². The predicted molar refractivity (Wildman–Crippen MR) is 111 cm³/mol. The second kappa shape index (κ2) is 9.33. The fourth-order valence-corrected chi connectivity index (χ4v) is 3.86. The number of rotatable bonds is 8. The Hall–Kier alpha value is -2.50. The highest BCUT2D eigenvalue weighted by Gasteiger charge is 2.39. The van der Waals surface area contributed by atoms with Gasteiger partial charge in [-0.3, -0.25) is 9.59 Å². The maximum Gasteiger partial charge on any atom is 0.303 e. The number of carboxylic acid groups (broad SMARTS) is 1. The number of hydrogen-bond donors (Lipinski definition) is 2. The Morgan fingerprint density at radius 3 is 2.48 bits per heavy atom. The zero-order valence-corrected chi connectivity index (χ0v) is 18.2. The van der Waals surface area contributed by atoms with E-state index < -0.39 is 17.8 Å². The molecule has 6 heteroatoms. The van der Waals surface area contributed by atoms with Crippen LogP contribution in [0.25, 0.3) is 0 Å². The Labute approximate surface area is 172 Å². The van der Waals surface area contributed by atoms with Crippen LogP contribution in [0.4, 0.5) is 0 Å². The molecule has 0 radical (unpaired) electrons. The molecule has 1 aliphatic rings. The molecule has 0 amide bonds. The molecule has 0 aliphatic carbocycles. The summed E-state index contributed by atoms with van der Waals surface area (Å²) in [7, 11) is 1.50. The van der Waals surface area contributed by atoms with E-state index >= 15 is 0 Å². The number of benzene rings is 1. The van der Waals surface area contributed by atoms with Gasteiger partial charge in [0.2, 0.25) is 0 Å². The lowest BCUT2D eigenvalue weighted by molar-refractivity contribution is -0.137. The number of aliphatic carboxylic acids is 1. The van der Waals surface area contributed by atoms with E-state index in [0.717, 1.165) is 12.0 Å². The average Bonchev–Trinajstić information content (AvgIpc) is 2.63. The zero-order valence-electron chi connectivity index (χ0n) is 18.2. The topological polar surface area (TPSA) is 93.1 Å². The van der Waals surface area contributed by atoms with Crippen molar-refractivity contribution in [1.29, 1.82) is 0 Å². The van der Waals surface area contributed by atoms with Crippen LogP contribution in [0, 0.1) is 5.92 Å². The van der Waals surface area contributed by atoms with Gasteiger partial charge < -0.3 is 19.7 Å². The molecule has 0 spiro atoms. The molecular weight excluding hydrogens is 372 g/mol. The molecule has 160 valence electrons. The summed E-state index contributed by atoms with van der Waals surface area (Å²) in [6, 6.07) is 0. The summed E-state index contributed by atoms with van der Waals surface area (Å²) >= 11 is 0. The predicted octanol–water partition coefficient (Wildman–Crippen LogP) is 4.87. The molecular formula is C23H32O6. The van der Waals surface area contributed by atoms with Gasteiger partial charge in [0.15, 0.2) is 5.78 Å². The third-order valence-electron chi connectivity index (χ3n) is 5.56. The van der Waals surface area contributed by atoms with Gasteiger partial charge in [-0.2, -0.15) is 0 Å². The first-order valence-electron chi connectivity index (χ1n) is 10.2. The Balaban J connectivity index is 2.86. The fraction of sp³-hybridized carbons (Fsp3) is 0.565. The smallest absolute Gasteiger partial charge is 0.303 e.